The lowest BCUT2D eigenvalue weighted by atomic mass is 10.0. The number of hydrogen-bond acceptors (Lipinski definition) is 9. The molecule has 0 radical (unpaired) electrons. The molecule has 0 saturated carbocycles. The second-order valence-electron chi connectivity index (χ2n) is 8.46. The quantitative estimate of drug-likeness (QED) is 0.366. The summed E-state index contributed by atoms with van der Waals surface area (Å²) in [5.41, 5.74) is 4.26. The molecule has 0 bridgehead atoms. The lowest BCUT2D eigenvalue weighted by Gasteiger charge is -2.29. The van der Waals surface area contributed by atoms with E-state index in [-0.39, 0.29) is 0 Å². The largest absolute Gasteiger partial charge is 0.465 e. The van der Waals surface area contributed by atoms with Crippen LogP contribution in [0.25, 0.3) is 27.7 Å². The Hall–Kier alpha value is -4.57. The lowest BCUT2D eigenvalue weighted by molar-refractivity contribution is 0.0602. The van der Waals surface area contributed by atoms with Gasteiger partial charge in [0.1, 0.15) is 5.82 Å². The predicted molar refractivity (Wildman–Crippen MR) is 138 cm³/mol. The maximum Gasteiger partial charge on any atom is 0.340 e. The van der Waals surface area contributed by atoms with Crippen molar-refractivity contribution in [3.63, 3.8) is 0 Å². The van der Waals surface area contributed by atoms with E-state index in [1.54, 1.807) is 23.0 Å². The summed E-state index contributed by atoms with van der Waals surface area (Å²) in [4.78, 5) is 28.6. The van der Waals surface area contributed by atoms with Crippen molar-refractivity contribution in [3.05, 3.63) is 72.7 Å². The summed E-state index contributed by atoms with van der Waals surface area (Å²) in [6, 6.07) is 15.4. The van der Waals surface area contributed by atoms with Crippen LogP contribution in [-0.4, -0.2) is 63.8 Å². The third-order valence-corrected chi connectivity index (χ3v) is 6.28. The predicted octanol–water partition coefficient (Wildman–Crippen LogP) is 3.28. The second kappa shape index (κ2) is 9.23. The Balaban J connectivity index is 1.40. The molecular formula is C26H24N8O2. The van der Waals surface area contributed by atoms with Crippen molar-refractivity contribution in [2.24, 2.45) is 0 Å². The summed E-state index contributed by atoms with van der Waals surface area (Å²) >= 11 is 0. The van der Waals surface area contributed by atoms with Gasteiger partial charge in [0.05, 0.1) is 47.5 Å². The second-order valence-corrected chi connectivity index (χ2v) is 8.46. The van der Waals surface area contributed by atoms with Crippen molar-refractivity contribution in [3.8, 4) is 11.3 Å². The molecule has 1 fully saturated rings. The van der Waals surface area contributed by atoms with E-state index in [0.29, 0.717) is 28.5 Å². The van der Waals surface area contributed by atoms with Crippen LogP contribution in [0.4, 0.5) is 17.5 Å². The van der Waals surface area contributed by atoms with E-state index in [4.69, 9.17) is 9.84 Å². The number of anilines is 3. The van der Waals surface area contributed by atoms with Gasteiger partial charge in [0.25, 0.3) is 0 Å². The fourth-order valence-electron chi connectivity index (χ4n) is 4.53. The number of carbonyl (C=O) groups is 1. The van der Waals surface area contributed by atoms with E-state index in [2.05, 4.69) is 30.5 Å². The Morgan fingerprint density at radius 3 is 2.69 bits per heavy atom. The number of nitrogens with zero attached hydrogens (tertiary/aromatic N) is 6. The summed E-state index contributed by atoms with van der Waals surface area (Å²) in [7, 11) is 1.37. The van der Waals surface area contributed by atoms with Crippen LogP contribution < -0.4 is 15.5 Å². The van der Waals surface area contributed by atoms with Gasteiger partial charge in [-0.05, 0) is 24.3 Å². The molecule has 10 heteroatoms. The number of methoxy groups -OCH3 is 1. The zero-order valence-electron chi connectivity index (χ0n) is 19.7. The molecule has 0 spiro atoms. The highest BCUT2D eigenvalue weighted by Crippen LogP contribution is 2.32. The van der Waals surface area contributed by atoms with Crippen molar-refractivity contribution in [2.45, 2.75) is 0 Å². The third-order valence-electron chi connectivity index (χ3n) is 6.28. The number of para-hydroxylation sites is 1. The van der Waals surface area contributed by atoms with Crippen molar-refractivity contribution >= 4 is 39.8 Å². The minimum atomic E-state index is -0.455. The summed E-state index contributed by atoms with van der Waals surface area (Å²) in [6.45, 7) is 3.84. The fourth-order valence-corrected chi connectivity index (χ4v) is 4.53. The molecule has 5 heterocycles. The first-order valence-electron chi connectivity index (χ1n) is 11.7. The Bertz CT molecular complexity index is 1550. The molecule has 1 aromatic carbocycles. The number of esters is 1. The highest BCUT2D eigenvalue weighted by molar-refractivity contribution is 6.03. The number of piperazine rings is 1. The molecule has 0 aliphatic carbocycles. The first-order valence-corrected chi connectivity index (χ1v) is 11.7. The van der Waals surface area contributed by atoms with E-state index < -0.39 is 5.97 Å². The first-order chi connectivity index (χ1) is 17.7. The fraction of sp³-hybridized carbons (Fsp3) is 0.192. The molecule has 1 aliphatic heterocycles. The van der Waals surface area contributed by atoms with Gasteiger partial charge in [-0.25, -0.2) is 19.3 Å². The van der Waals surface area contributed by atoms with Gasteiger partial charge in [-0.15, -0.1) is 5.10 Å². The van der Waals surface area contributed by atoms with Gasteiger partial charge in [0.15, 0.2) is 0 Å². The molecule has 2 N–H and O–H groups in total. The summed E-state index contributed by atoms with van der Waals surface area (Å²) in [5, 5.41) is 12.2. The van der Waals surface area contributed by atoms with Crippen molar-refractivity contribution < 1.29 is 9.53 Å². The summed E-state index contributed by atoms with van der Waals surface area (Å²) in [6.07, 6.45) is 5.25. The molecule has 36 heavy (non-hydrogen) atoms. The summed E-state index contributed by atoms with van der Waals surface area (Å²) in [5.74, 6) is 0.524. The molecular weight excluding hydrogens is 456 g/mol. The maximum atomic E-state index is 12.7. The molecule has 6 rings (SSSR count). The monoisotopic (exact) mass is 480 g/mol. The molecule has 5 aromatic rings. The number of ether oxygens (including phenoxy) is 1. The van der Waals surface area contributed by atoms with Gasteiger partial charge >= 0.3 is 5.97 Å². The molecule has 4 aromatic heterocycles. The van der Waals surface area contributed by atoms with Gasteiger partial charge < -0.3 is 20.3 Å². The minimum absolute atomic E-state index is 0.353. The van der Waals surface area contributed by atoms with Gasteiger partial charge in [0.2, 0.25) is 5.95 Å². The number of benzene rings is 1. The van der Waals surface area contributed by atoms with Crippen LogP contribution in [0.2, 0.25) is 0 Å². The Kier molecular flexibility index (Phi) is 5.62. The third kappa shape index (κ3) is 3.97. The van der Waals surface area contributed by atoms with E-state index in [0.717, 1.165) is 48.3 Å². The molecule has 0 atom stereocenters. The lowest BCUT2D eigenvalue weighted by Crippen LogP contribution is -2.43. The zero-order chi connectivity index (χ0) is 24.5. The standard InChI is InChI=1S/C26H24N8O2/c1-36-25(35)21-14-19-16-30-26(31-22-8-7-18(15-29-22)33-12-10-27-11-13-33)32-34(19)24(21)20-6-2-4-17-5-3-9-28-23(17)20/h2-9,14-16,27H,10-13H2,1H3,(H,29,31,32). The number of hydrogen-bond donors (Lipinski definition) is 2. The van der Waals surface area contributed by atoms with Crippen LogP contribution in [0.3, 0.4) is 0 Å². The highest BCUT2D eigenvalue weighted by atomic mass is 16.5. The highest BCUT2D eigenvalue weighted by Gasteiger charge is 2.22. The molecule has 0 amide bonds. The number of carbonyl (C=O) groups excluding carboxylic acids is 1. The number of aromatic nitrogens is 5. The van der Waals surface area contributed by atoms with Gasteiger partial charge in [0, 0.05) is 43.3 Å². The van der Waals surface area contributed by atoms with Crippen LogP contribution in [0.1, 0.15) is 10.4 Å². The SMILES string of the molecule is COC(=O)c1cc2cnc(Nc3ccc(N4CCNCC4)cn3)nn2c1-c1cccc2cccnc12. The van der Waals surface area contributed by atoms with Crippen molar-refractivity contribution in [1.29, 1.82) is 0 Å². The first kappa shape index (κ1) is 21.9. The minimum Gasteiger partial charge on any atom is -0.465 e. The molecule has 1 aliphatic rings. The van der Waals surface area contributed by atoms with E-state index in [1.807, 2.05) is 48.7 Å². The molecule has 180 valence electrons. The average molecular weight is 481 g/mol. The normalized spacial score (nSPS) is 13.8. The molecule has 0 unspecified atom stereocenters. The number of rotatable bonds is 5. The van der Waals surface area contributed by atoms with Gasteiger partial charge in [-0.1, -0.05) is 24.3 Å². The molecule has 1 saturated heterocycles. The van der Waals surface area contributed by atoms with Crippen LogP contribution in [0.15, 0.2) is 67.1 Å². The van der Waals surface area contributed by atoms with Crippen molar-refractivity contribution in [1.82, 2.24) is 29.9 Å². The zero-order valence-corrected chi connectivity index (χ0v) is 19.7. The van der Waals surface area contributed by atoms with Crippen LogP contribution in [0, 0.1) is 0 Å². The number of pyridine rings is 2. The number of nitrogens with one attached hydrogen (secondary N) is 2. The molecule has 10 nitrogen and oxygen atoms in total. The topological polar surface area (TPSA) is 110 Å². The van der Waals surface area contributed by atoms with E-state index >= 15 is 0 Å². The van der Waals surface area contributed by atoms with Crippen LogP contribution in [-0.2, 0) is 4.74 Å². The summed E-state index contributed by atoms with van der Waals surface area (Å²) < 4.78 is 6.77. The Morgan fingerprint density at radius 2 is 1.89 bits per heavy atom. The smallest absolute Gasteiger partial charge is 0.340 e. The Labute approximate surface area is 207 Å². The average Bonchev–Trinajstić information content (AvgIpc) is 3.32. The van der Waals surface area contributed by atoms with Crippen LogP contribution in [0.5, 0.6) is 0 Å². The van der Waals surface area contributed by atoms with Gasteiger partial charge in [-0.2, -0.15) is 0 Å². The van der Waals surface area contributed by atoms with E-state index in [9.17, 15) is 4.79 Å². The van der Waals surface area contributed by atoms with Gasteiger partial charge in [-0.3, -0.25) is 4.98 Å². The Morgan fingerprint density at radius 1 is 1.03 bits per heavy atom. The van der Waals surface area contributed by atoms with Crippen LogP contribution >= 0.6 is 0 Å². The van der Waals surface area contributed by atoms with Crippen molar-refractivity contribution in [2.75, 3.05) is 43.5 Å². The maximum absolute atomic E-state index is 12.7. The number of fused-ring (bicyclic) bond motifs is 2. The van der Waals surface area contributed by atoms with E-state index in [1.165, 1.54) is 7.11 Å².